The van der Waals surface area contributed by atoms with Crippen molar-refractivity contribution < 1.29 is 33.0 Å². The molecular weight excluding hydrogens is 386 g/mol. The highest BCUT2D eigenvalue weighted by molar-refractivity contribution is 7.92. The predicted octanol–water partition coefficient (Wildman–Crippen LogP) is 2.13. The third-order valence-corrected chi connectivity index (χ3v) is 6.52. The van der Waals surface area contributed by atoms with Gasteiger partial charge in [-0.3, -0.25) is 13.9 Å². The van der Waals surface area contributed by atoms with Crippen LogP contribution in [0.25, 0.3) is 0 Å². The number of nitrogens with zero attached hydrogens (tertiary/aromatic N) is 1. The molecule has 1 heterocycles. The summed E-state index contributed by atoms with van der Waals surface area (Å²) in [5.74, 6) is -2.86. The third-order valence-electron chi connectivity index (χ3n) is 4.65. The molecule has 1 aliphatic heterocycles. The second kappa shape index (κ2) is 8.08. The Morgan fingerprint density at radius 2 is 1.64 bits per heavy atom. The molecule has 1 fully saturated rings. The van der Waals surface area contributed by atoms with Crippen molar-refractivity contribution in [2.24, 2.45) is 5.41 Å². The van der Waals surface area contributed by atoms with Crippen LogP contribution in [0.3, 0.4) is 0 Å². The lowest BCUT2D eigenvalue weighted by Crippen LogP contribution is -2.47. The van der Waals surface area contributed by atoms with Crippen molar-refractivity contribution in [2.45, 2.75) is 45.6 Å². The van der Waals surface area contributed by atoms with Gasteiger partial charge in [0, 0.05) is 13.0 Å². The summed E-state index contributed by atoms with van der Waals surface area (Å²) < 4.78 is 31.2. The fourth-order valence-electron chi connectivity index (χ4n) is 2.96. The highest BCUT2D eigenvalue weighted by Crippen LogP contribution is 2.29. The van der Waals surface area contributed by atoms with Crippen LogP contribution in [-0.4, -0.2) is 55.1 Å². The first-order chi connectivity index (χ1) is 12.9. The smallest absolute Gasteiger partial charge is 0.323 e. The molecule has 1 aromatic carbocycles. The van der Waals surface area contributed by atoms with Gasteiger partial charge in [-0.25, -0.2) is 8.42 Å². The number of carboxylic acids is 2. The zero-order valence-corrected chi connectivity index (χ0v) is 17.2. The maximum Gasteiger partial charge on any atom is 0.323 e. The first kappa shape index (κ1) is 22.2. The summed E-state index contributed by atoms with van der Waals surface area (Å²) in [4.78, 5) is 23.7. The second-order valence-corrected chi connectivity index (χ2v) is 10.0. The van der Waals surface area contributed by atoms with Crippen LogP contribution in [0.2, 0.25) is 0 Å². The molecule has 0 atom stereocenters. The molecule has 2 rings (SSSR count). The van der Waals surface area contributed by atoms with Crippen molar-refractivity contribution >= 4 is 27.6 Å². The van der Waals surface area contributed by atoms with Crippen molar-refractivity contribution in [1.29, 1.82) is 0 Å². The summed E-state index contributed by atoms with van der Waals surface area (Å²) in [7, 11) is -3.35. The van der Waals surface area contributed by atoms with Crippen molar-refractivity contribution in [2.75, 3.05) is 23.2 Å². The van der Waals surface area contributed by atoms with Gasteiger partial charge < -0.3 is 14.9 Å². The molecule has 2 N–H and O–H groups in total. The standard InChI is InChI=1S/C19H27NO7S/c1-18(2,3)27-13-19(16(21)22,17(23)24)12-14-6-8-15(9-7-14)20-10-4-5-11-28(20,25)26/h6-9H,4-5,10-13H2,1-3H3,(H,21,22)(H,23,24). The van der Waals surface area contributed by atoms with E-state index < -0.39 is 39.6 Å². The molecule has 28 heavy (non-hydrogen) atoms. The number of ether oxygens (including phenoxy) is 1. The Hall–Kier alpha value is -2.13. The largest absolute Gasteiger partial charge is 0.480 e. The molecule has 0 saturated carbocycles. The van der Waals surface area contributed by atoms with Crippen molar-refractivity contribution in [3.8, 4) is 0 Å². The molecule has 1 aromatic rings. The molecule has 0 aliphatic carbocycles. The van der Waals surface area contributed by atoms with E-state index in [1.165, 1.54) is 4.31 Å². The molecule has 8 nitrogen and oxygen atoms in total. The van der Waals surface area contributed by atoms with E-state index >= 15 is 0 Å². The van der Waals surface area contributed by atoms with Crippen LogP contribution >= 0.6 is 0 Å². The number of benzene rings is 1. The van der Waals surface area contributed by atoms with E-state index in [4.69, 9.17) is 4.74 Å². The zero-order chi connectivity index (χ0) is 21.2. The van der Waals surface area contributed by atoms with Gasteiger partial charge in [0.15, 0.2) is 5.41 Å². The van der Waals surface area contributed by atoms with Gasteiger partial charge in [-0.2, -0.15) is 0 Å². The zero-order valence-electron chi connectivity index (χ0n) is 16.3. The second-order valence-electron chi connectivity index (χ2n) is 8.03. The summed E-state index contributed by atoms with van der Waals surface area (Å²) in [6.07, 6.45) is 1.12. The van der Waals surface area contributed by atoms with Crippen molar-refractivity contribution in [1.82, 2.24) is 0 Å². The normalized spacial score (nSPS) is 17.3. The van der Waals surface area contributed by atoms with Gasteiger partial charge >= 0.3 is 11.9 Å². The number of rotatable bonds is 7. The quantitative estimate of drug-likeness (QED) is 0.657. The minimum atomic E-state index is -3.35. The minimum absolute atomic E-state index is 0.0973. The first-order valence-electron chi connectivity index (χ1n) is 9.07. The Morgan fingerprint density at radius 3 is 2.11 bits per heavy atom. The van der Waals surface area contributed by atoms with E-state index in [2.05, 4.69) is 0 Å². The van der Waals surface area contributed by atoms with E-state index in [0.29, 0.717) is 24.2 Å². The summed E-state index contributed by atoms with van der Waals surface area (Å²) in [6.45, 7) is 5.07. The Bertz CT molecular complexity index is 811. The Balaban J connectivity index is 2.27. The fourth-order valence-corrected chi connectivity index (χ4v) is 4.60. The average molecular weight is 413 g/mol. The highest BCUT2D eigenvalue weighted by atomic mass is 32.2. The van der Waals surface area contributed by atoms with Gasteiger partial charge in [0.05, 0.1) is 23.6 Å². The van der Waals surface area contributed by atoms with Gasteiger partial charge in [0.1, 0.15) is 0 Å². The number of carboxylic acid groups (broad SMARTS) is 2. The molecule has 0 aromatic heterocycles. The van der Waals surface area contributed by atoms with Gasteiger partial charge in [0.2, 0.25) is 10.0 Å². The van der Waals surface area contributed by atoms with E-state index in [1.807, 2.05) is 0 Å². The molecule has 0 spiro atoms. The first-order valence-corrected chi connectivity index (χ1v) is 10.7. The molecule has 0 amide bonds. The maximum atomic E-state index is 12.2. The molecule has 0 unspecified atom stereocenters. The van der Waals surface area contributed by atoms with Crippen LogP contribution in [0.1, 0.15) is 39.2 Å². The van der Waals surface area contributed by atoms with E-state index in [1.54, 1.807) is 45.0 Å². The fraction of sp³-hybridized carbons (Fsp3) is 0.579. The lowest BCUT2D eigenvalue weighted by atomic mass is 9.82. The van der Waals surface area contributed by atoms with Gasteiger partial charge in [-0.05, 0) is 51.3 Å². The minimum Gasteiger partial charge on any atom is -0.480 e. The number of hydrogen-bond donors (Lipinski definition) is 2. The molecule has 0 radical (unpaired) electrons. The lowest BCUT2D eigenvalue weighted by molar-refractivity contribution is -0.173. The van der Waals surface area contributed by atoms with Gasteiger partial charge in [-0.1, -0.05) is 12.1 Å². The van der Waals surface area contributed by atoms with Crippen LogP contribution in [0.5, 0.6) is 0 Å². The van der Waals surface area contributed by atoms with Crippen molar-refractivity contribution in [3.63, 3.8) is 0 Å². The molecule has 156 valence electrons. The lowest BCUT2D eigenvalue weighted by Gasteiger charge is -2.30. The molecular formula is C19H27NO7S. The maximum absolute atomic E-state index is 12.2. The summed E-state index contributed by atoms with van der Waals surface area (Å²) in [5, 5.41) is 19.3. The average Bonchev–Trinajstić information content (AvgIpc) is 2.57. The van der Waals surface area contributed by atoms with Crippen molar-refractivity contribution in [3.05, 3.63) is 29.8 Å². The number of sulfonamides is 1. The van der Waals surface area contributed by atoms with Crippen LogP contribution in [-0.2, 0) is 30.8 Å². The molecule has 1 aliphatic rings. The highest BCUT2D eigenvalue weighted by Gasteiger charge is 2.48. The molecule has 0 bridgehead atoms. The topological polar surface area (TPSA) is 121 Å². The molecule has 1 saturated heterocycles. The number of aliphatic carboxylic acids is 2. The Kier molecular flexibility index (Phi) is 6.40. The Morgan fingerprint density at radius 1 is 1.07 bits per heavy atom. The predicted molar refractivity (Wildman–Crippen MR) is 104 cm³/mol. The number of anilines is 1. The van der Waals surface area contributed by atoms with Crippen LogP contribution in [0, 0.1) is 5.41 Å². The van der Waals surface area contributed by atoms with Crippen LogP contribution < -0.4 is 4.31 Å². The van der Waals surface area contributed by atoms with E-state index in [9.17, 15) is 28.2 Å². The van der Waals surface area contributed by atoms with Gasteiger partial charge in [-0.15, -0.1) is 0 Å². The number of hydrogen-bond acceptors (Lipinski definition) is 5. The van der Waals surface area contributed by atoms with Crippen LogP contribution in [0.4, 0.5) is 5.69 Å². The summed E-state index contributed by atoms with van der Waals surface area (Å²) in [6, 6.07) is 6.29. The van der Waals surface area contributed by atoms with Gasteiger partial charge in [0.25, 0.3) is 0 Å². The summed E-state index contributed by atoms with van der Waals surface area (Å²) in [5.41, 5.74) is -1.86. The third kappa shape index (κ3) is 5.02. The van der Waals surface area contributed by atoms with E-state index in [0.717, 1.165) is 6.42 Å². The molecule has 9 heteroatoms. The SMILES string of the molecule is CC(C)(C)OCC(Cc1ccc(N2CCCCS2(=O)=O)cc1)(C(=O)O)C(=O)O. The van der Waals surface area contributed by atoms with Crippen LogP contribution in [0.15, 0.2) is 24.3 Å². The summed E-state index contributed by atoms with van der Waals surface area (Å²) >= 11 is 0. The monoisotopic (exact) mass is 413 g/mol. The Labute approximate surface area is 165 Å². The van der Waals surface area contributed by atoms with E-state index in [-0.39, 0.29) is 12.2 Å². The number of carbonyl (C=O) groups is 2.